The summed E-state index contributed by atoms with van der Waals surface area (Å²) in [5.74, 6) is 0.980. The number of ether oxygens (including phenoxy) is 2. The molecule has 0 saturated heterocycles. The molecule has 22 heavy (non-hydrogen) atoms. The van der Waals surface area contributed by atoms with Gasteiger partial charge in [-0.15, -0.1) is 0 Å². The number of hydrogen-bond acceptors (Lipinski definition) is 4. The summed E-state index contributed by atoms with van der Waals surface area (Å²) in [6, 6.07) is 7.53. The van der Waals surface area contributed by atoms with Crippen molar-refractivity contribution >= 4 is 17.6 Å². The molecule has 1 aromatic carbocycles. The Morgan fingerprint density at radius 2 is 1.95 bits per heavy atom. The minimum absolute atomic E-state index is 0.149. The monoisotopic (exact) mass is 307 g/mol. The Bertz CT molecular complexity index is 484. The number of anilines is 1. The van der Waals surface area contributed by atoms with Crippen LogP contribution in [0.2, 0.25) is 0 Å². The number of hydrogen-bond donors (Lipinski definition) is 2. The summed E-state index contributed by atoms with van der Waals surface area (Å²) in [5.41, 5.74) is 6.66. The molecule has 0 aliphatic carbocycles. The van der Waals surface area contributed by atoms with Crippen molar-refractivity contribution in [1.82, 2.24) is 0 Å². The smallest absolute Gasteiger partial charge is 0.305 e. The number of benzene rings is 1. The van der Waals surface area contributed by atoms with Crippen LogP contribution in [-0.2, 0) is 9.53 Å². The molecule has 0 fully saturated rings. The fourth-order valence-electron chi connectivity index (χ4n) is 1.76. The van der Waals surface area contributed by atoms with Crippen molar-refractivity contribution in [3.63, 3.8) is 0 Å². The third-order valence-corrected chi connectivity index (χ3v) is 2.80. The second kappa shape index (κ2) is 9.65. The number of nitrogens with one attached hydrogen (secondary N) is 1. The van der Waals surface area contributed by atoms with Crippen LogP contribution in [0.5, 0.6) is 5.75 Å². The minimum atomic E-state index is -0.196. The third-order valence-electron chi connectivity index (χ3n) is 2.80. The standard InChI is InChI=1S/C16H25N3O3/c1-12(2)22-14-9-7-13(8-10-14)19-16(17)18-11-5-4-6-15(20)21-3/h7-10,12H,4-6,11H2,1-3H3,(H3,17,18,19). The molecular weight excluding hydrogens is 282 g/mol. The summed E-state index contributed by atoms with van der Waals surface area (Å²) in [7, 11) is 1.39. The Kier molecular flexibility index (Phi) is 7.81. The van der Waals surface area contributed by atoms with Gasteiger partial charge in [0.1, 0.15) is 5.75 Å². The van der Waals surface area contributed by atoms with Gasteiger partial charge >= 0.3 is 5.97 Å². The summed E-state index contributed by atoms with van der Waals surface area (Å²) < 4.78 is 10.1. The van der Waals surface area contributed by atoms with Crippen LogP contribution in [0.1, 0.15) is 33.1 Å². The molecule has 0 aliphatic rings. The lowest BCUT2D eigenvalue weighted by Crippen LogP contribution is -2.22. The predicted octanol–water partition coefficient (Wildman–Crippen LogP) is 2.54. The molecule has 0 spiro atoms. The fourth-order valence-corrected chi connectivity index (χ4v) is 1.76. The maximum Gasteiger partial charge on any atom is 0.305 e. The first-order chi connectivity index (χ1) is 10.5. The maximum absolute atomic E-state index is 10.9. The highest BCUT2D eigenvalue weighted by Crippen LogP contribution is 2.16. The van der Waals surface area contributed by atoms with Gasteiger partial charge in [0.2, 0.25) is 0 Å². The average Bonchev–Trinajstić information content (AvgIpc) is 2.48. The van der Waals surface area contributed by atoms with Crippen LogP contribution in [0, 0.1) is 0 Å². The maximum atomic E-state index is 10.9. The Hall–Kier alpha value is -2.24. The second-order valence-corrected chi connectivity index (χ2v) is 5.12. The molecule has 122 valence electrons. The van der Waals surface area contributed by atoms with Gasteiger partial charge < -0.3 is 20.5 Å². The van der Waals surface area contributed by atoms with Gasteiger partial charge in [-0.25, -0.2) is 0 Å². The molecule has 3 N–H and O–H groups in total. The van der Waals surface area contributed by atoms with Crippen molar-refractivity contribution in [2.75, 3.05) is 19.0 Å². The quantitative estimate of drug-likeness (QED) is 0.333. The molecule has 0 bridgehead atoms. The van der Waals surface area contributed by atoms with Crippen molar-refractivity contribution in [1.29, 1.82) is 0 Å². The summed E-state index contributed by atoms with van der Waals surface area (Å²) in [4.78, 5) is 15.2. The number of methoxy groups -OCH3 is 1. The number of carbonyl (C=O) groups is 1. The van der Waals surface area contributed by atoms with Gasteiger partial charge in [0, 0.05) is 18.7 Å². The van der Waals surface area contributed by atoms with Gasteiger partial charge in [-0.1, -0.05) is 0 Å². The topological polar surface area (TPSA) is 85.9 Å². The lowest BCUT2D eigenvalue weighted by Gasteiger charge is -2.10. The number of nitrogens with two attached hydrogens (primary N) is 1. The molecule has 0 aliphatic heterocycles. The number of guanidine groups is 1. The zero-order valence-corrected chi connectivity index (χ0v) is 13.5. The van der Waals surface area contributed by atoms with E-state index in [1.165, 1.54) is 7.11 Å². The zero-order chi connectivity index (χ0) is 16.4. The van der Waals surface area contributed by atoms with Gasteiger partial charge in [0.05, 0.1) is 13.2 Å². The summed E-state index contributed by atoms with van der Waals surface area (Å²) in [5, 5.41) is 3.01. The summed E-state index contributed by atoms with van der Waals surface area (Å²) in [6.45, 7) is 4.54. The van der Waals surface area contributed by atoms with E-state index < -0.39 is 0 Å². The van der Waals surface area contributed by atoms with E-state index in [0.29, 0.717) is 18.9 Å². The van der Waals surface area contributed by atoms with E-state index >= 15 is 0 Å². The van der Waals surface area contributed by atoms with Gasteiger partial charge in [-0.05, 0) is 51.0 Å². The van der Waals surface area contributed by atoms with E-state index in [4.69, 9.17) is 10.5 Å². The van der Waals surface area contributed by atoms with Crippen molar-refractivity contribution in [3.05, 3.63) is 24.3 Å². The molecule has 1 rings (SSSR count). The van der Waals surface area contributed by atoms with Crippen LogP contribution in [-0.4, -0.2) is 31.7 Å². The lowest BCUT2D eigenvalue weighted by molar-refractivity contribution is -0.140. The van der Waals surface area contributed by atoms with Gasteiger partial charge in [0.15, 0.2) is 5.96 Å². The van der Waals surface area contributed by atoms with Gasteiger partial charge in [-0.2, -0.15) is 0 Å². The SMILES string of the molecule is COC(=O)CCCCN=C(N)Nc1ccc(OC(C)C)cc1. The second-order valence-electron chi connectivity index (χ2n) is 5.12. The van der Waals surface area contributed by atoms with Crippen LogP contribution in [0.15, 0.2) is 29.3 Å². The van der Waals surface area contributed by atoms with E-state index in [-0.39, 0.29) is 12.1 Å². The highest BCUT2D eigenvalue weighted by molar-refractivity contribution is 5.92. The molecule has 0 radical (unpaired) electrons. The number of unbranched alkanes of at least 4 members (excludes halogenated alkanes) is 1. The van der Waals surface area contributed by atoms with Crippen molar-refractivity contribution < 1.29 is 14.3 Å². The van der Waals surface area contributed by atoms with E-state index in [9.17, 15) is 4.79 Å². The Balaban J connectivity index is 2.32. The van der Waals surface area contributed by atoms with Crippen molar-refractivity contribution in [2.24, 2.45) is 10.7 Å². The molecule has 6 heteroatoms. The average molecular weight is 307 g/mol. The summed E-state index contributed by atoms with van der Waals surface area (Å²) in [6.07, 6.45) is 2.09. The first-order valence-corrected chi connectivity index (χ1v) is 7.41. The van der Waals surface area contributed by atoms with E-state index in [0.717, 1.165) is 24.3 Å². The van der Waals surface area contributed by atoms with Crippen molar-refractivity contribution in [2.45, 2.75) is 39.2 Å². The third kappa shape index (κ3) is 7.52. The molecule has 0 heterocycles. The van der Waals surface area contributed by atoms with Gasteiger partial charge in [-0.3, -0.25) is 9.79 Å². The Morgan fingerprint density at radius 1 is 1.27 bits per heavy atom. The largest absolute Gasteiger partial charge is 0.491 e. The molecule has 0 unspecified atom stereocenters. The van der Waals surface area contributed by atoms with Crippen LogP contribution in [0.25, 0.3) is 0 Å². The highest BCUT2D eigenvalue weighted by Gasteiger charge is 2.00. The zero-order valence-electron chi connectivity index (χ0n) is 13.5. The van der Waals surface area contributed by atoms with Gasteiger partial charge in [0.25, 0.3) is 0 Å². The van der Waals surface area contributed by atoms with Crippen LogP contribution >= 0.6 is 0 Å². The first kappa shape index (κ1) is 17.8. The van der Waals surface area contributed by atoms with Crippen molar-refractivity contribution in [3.8, 4) is 5.75 Å². The number of carbonyl (C=O) groups excluding carboxylic acids is 1. The molecule has 6 nitrogen and oxygen atoms in total. The van der Waals surface area contributed by atoms with E-state index in [2.05, 4.69) is 15.0 Å². The lowest BCUT2D eigenvalue weighted by atomic mass is 10.2. The molecule has 0 aromatic heterocycles. The number of esters is 1. The number of nitrogens with zero attached hydrogens (tertiary/aromatic N) is 1. The predicted molar refractivity (Wildman–Crippen MR) is 88.2 cm³/mol. The Labute approximate surface area is 131 Å². The Morgan fingerprint density at radius 3 is 2.55 bits per heavy atom. The van der Waals surface area contributed by atoms with Crippen LogP contribution in [0.3, 0.4) is 0 Å². The molecule has 1 aromatic rings. The fraction of sp³-hybridized carbons (Fsp3) is 0.500. The number of aliphatic imine (C=N–C) groups is 1. The summed E-state index contributed by atoms with van der Waals surface area (Å²) >= 11 is 0. The first-order valence-electron chi connectivity index (χ1n) is 7.41. The number of rotatable bonds is 8. The van der Waals surface area contributed by atoms with E-state index in [1.54, 1.807) is 0 Å². The van der Waals surface area contributed by atoms with Crippen LogP contribution < -0.4 is 15.8 Å². The minimum Gasteiger partial charge on any atom is -0.491 e. The molecule has 0 atom stereocenters. The van der Waals surface area contributed by atoms with E-state index in [1.807, 2.05) is 38.1 Å². The highest BCUT2D eigenvalue weighted by atomic mass is 16.5. The van der Waals surface area contributed by atoms with Crippen LogP contribution in [0.4, 0.5) is 5.69 Å². The molecule has 0 saturated carbocycles. The molecule has 0 amide bonds. The normalized spacial score (nSPS) is 11.4. The molecular formula is C16H25N3O3.